The summed E-state index contributed by atoms with van der Waals surface area (Å²) >= 11 is 0. The number of hydrogen-bond acceptors (Lipinski definition) is 4. The molecule has 4 aliphatic carbocycles. The topological polar surface area (TPSA) is 63.6 Å². The molecule has 1 N–H and O–H groups in total. The van der Waals surface area contributed by atoms with Gasteiger partial charge in [-0.05, 0) is 67.6 Å². The van der Waals surface area contributed by atoms with E-state index >= 15 is 0 Å². The highest BCUT2D eigenvalue weighted by molar-refractivity contribution is 5.79. The molecule has 0 aromatic heterocycles. The average molecular weight is 348 g/mol. The van der Waals surface area contributed by atoms with Gasteiger partial charge in [-0.25, -0.2) is 0 Å². The Morgan fingerprint density at radius 3 is 2.64 bits per heavy atom. The molecular weight excluding hydrogens is 316 g/mol. The van der Waals surface area contributed by atoms with E-state index in [0.717, 1.165) is 44.9 Å². The maximum atomic E-state index is 12.3. The van der Waals surface area contributed by atoms with Crippen molar-refractivity contribution in [3.63, 3.8) is 0 Å². The van der Waals surface area contributed by atoms with Gasteiger partial charge in [0.25, 0.3) is 0 Å². The molecule has 8 atom stereocenters. The molecule has 0 heterocycles. The van der Waals surface area contributed by atoms with E-state index in [4.69, 9.17) is 4.74 Å². The highest BCUT2D eigenvalue weighted by Gasteiger charge is 2.64. The van der Waals surface area contributed by atoms with E-state index in [-0.39, 0.29) is 22.7 Å². The number of carbonyl (C=O) groups excluding carboxylic acids is 2. The molecule has 0 aromatic carbocycles. The Bertz CT molecular complexity index is 586. The number of esters is 1. The molecule has 4 rings (SSSR count). The molecule has 0 spiro atoms. The summed E-state index contributed by atoms with van der Waals surface area (Å²) in [6.07, 6.45) is 6.91. The van der Waals surface area contributed by atoms with Gasteiger partial charge in [0, 0.05) is 18.3 Å². The Labute approximate surface area is 150 Å². The summed E-state index contributed by atoms with van der Waals surface area (Å²) in [4.78, 5) is 24.3. The van der Waals surface area contributed by atoms with Crippen molar-refractivity contribution in [2.45, 2.75) is 71.3 Å². The van der Waals surface area contributed by atoms with Gasteiger partial charge in [-0.1, -0.05) is 13.8 Å². The summed E-state index contributed by atoms with van der Waals surface area (Å²) in [5.41, 5.74) is -0.162. The number of ketones is 1. The molecule has 0 amide bonds. The smallest absolute Gasteiger partial charge is 0.309 e. The second-order valence-electron chi connectivity index (χ2n) is 9.67. The average Bonchev–Trinajstić information content (AvgIpc) is 2.95. The first kappa shape index (κ1) is 17.5. The van der Waals surface area contributed by atoms with Gasteiger partial charge >= 0.3 is 5.97 Å². The van der Waals surface area contributed by atoms with Crippen molar-refractivity contribution in [2.75, 3.05) is 7.11 Å². The predicted molar refractivity (Wildman–Crippen MR) is 93.6 cm³/mol. The summed E-state index contributed by atoms with van der Waals surface area (Å²) in [7, 11) is 1.46. The third-order valence-electron chi connectivity index (χ3n) is 9.08. The van der Waals surface area contributed by atoms with E-state index in [0.29, 0.717) is 35.9 Å². The first-order valence-corrected chi connectivity index (χ1v) is 10.1. The number of Topliss-reactive ketones (excluding diaryl/α,β-unsaturated/α-hetero) is 1. The third-order valence-corrected chi connectivity index (χ3v) is 9.08. The number of rotatable bonds is 1. The molecule has 140 valence electrons. The Morgan fingerprint density at radius 2 is 1.92 bits per heavy atom. The van der Waals surface area contributed by atoms with Crippen LogP contribution in [0.25, 0.3) is 0 Å². The van der Waals surface area contributed by atoms with Crippen molar-refractivity contribution in [3.8, 4) is 0 Å². The van der Waals surface area contributed by atoms with Crippen LogP contribution in [0.5, 0.6) is 0 Å². The lowest BCUT2D eigenvalue weighted by atomic mass is 9.44. The van der Waals surface area contributed by atoms with Crippen LogP contribution in [0.2, 0.25) is 0 Å². The van der Waals surface area contributed by atoms with Gasteiger partial charge in [-0.15, -0.1) is 0 Å². The largest absolute Gasteiger partial charge is 0.469 e. The fourth-order valence-corrected chi connectivity index (χ4v) is 7.54. The molecule has 0 saturated heterocycles. The van der Waals surface area contributed by atoms with Crippen LogP contribution in [0, 0.1) is 40.4 Å². The number of methoxy groups -OCH3 is 1. The molecule has 0 bridgehead atoms. The van der Waals surface area contributed by atoms with Crippen LogP contribution in [0.4, 0.5) is 0 Å². The maximum Gasteiger partial charge on any atom is 0.309 e. The van der Waals surface area contributed by atoms with Gasteiger partial charge in [0.1, 0.15) is 5.78 Å². The quantitative estimate of drug-likeness (QED) is 0.738. The fourth-order valence-electron chi connectivity index (χ4n) is 7.54. The highest BCUT2D eigenvalue weighted by Crippen LogP contribution is 2.67. The molecule has 4 nitrogen and oxygen atoms in total. The zero-order valence-corrected chi connectivity index (χ0v) is 15.8. The lowest BCUT2D eigenvalue weighted by Crippen LogP contribution is -2.58. The third kappa shape index (κ3) is 2.28. The van der Waals surface area contributed by atoms with Crippen molar-refractivity contribution in [1.29, 1.82) is 0 Å². The standard InChI is InChI=1S/C21H32O4/c1-20-9-8-13(22)10-12(20)4-5-14-15-6-7-16(19(24)25-3)21(15,2)18(23)11-17(14)20/h12,14-18,23H,4-11H2,1-3H3/t12?,14?,15?,16?,17?,18-,20?,21?/m0/s1. The van der Waals surface area contributed by atoms with Gasteiger partial charge in [0.15, 0.2) is 0 Å². The number of carbonyl (C=O) groups is 2. The van der Waals surface area contributed by atoms with E-state index in [9.17, 15) is 14.7 Å². The Kier molecular flexibility index (Phi) is 4.06. The number of aliphatic hydroxyl groups excluding tert-OH is 1. The van der Waals surface area contributed by atoms with Crippen LogP contribution >= 0.6 is 0 Å². The number of fused-ring (bicyclic) bond motifs is 5. The number of hydrogen-bond donors (Lipinski definition) is 1. The molecule has 4 aliphatic rings. The summed E-state index contributed by atoms with van der Waals surface area (Å²) < 4.78 is 5.06. The molecular formula is C21H32O4. The monoisotopic (exact) mass is 348 g/mol. The minimum atomic E-state index is -0.446. The van der Waals surface area contributed by atoms with Crippen LogP contribution < -0.4 is 0 Å². The second-order valence-corrected chi connectivity index (χ2v) is 9.67. The minimum absolute atomic E-state index is 0.148. The van der Waals surface area contributed by atoms with E-state index in [1.807, 2.05) is 0 Å². The molecule has 4 heteroatoms. The fraction of sp³-hybridized carbons (Fsp3) is 0.905. The van der Waals surface area contributed by atoms with Crippen molar-refractivity contribution < 1.29 is 19.4 Å². The van der Waals surface area contributed by atoms with Crippen LogP contribution in [0.1, 0.15) is 65.2 Å². The van der Waals surface area contributed by atoms with Crippen LogP contribution in [-0.4, -0.2) is 30.1 Å². The van der Waals surface area contributed by atoms with Crippen molar-refractivity contribution in [3.05, 3.63) is 0 Å². The van der Waals surface area contributed by atoms with Gasteiger partial charge in [-0.2, -0.15) is 0 Å². The molecule has 0 aromatic rings. The molecule has 0 aliphatic heterocycles. The van der Waals surface area contributed by atoms with Gasteiger partial charge in [-0.3, -0.25) is 9.59 Å². The zero-order valence-electron chi connectivity index (χ0n) is 15.8. The van der Waals surface area contributed by atoms with Crippen LogP contribution in [0.3, 0.4) is 0 Å². The molecule has 4 fully saturated rings. The summed E-state index contributed by atoms with van der Waals surface area (Å²) in [6, 6.07) is 0. The van der Waals surface area contributed by atoms with Gasteiger partial charge in [0.05, 0.1) is 19.1 Å². The Hall–Kier alpha value is -0.900. The summed E-state index contributed by atoms with van der Waals surface area (Å²) in [6.45, 7) is 4.51. The minimum Gasteiger partial charge on any atom is -0.469 e. The van der Waals surface area contributed by atoms with E-state index in [1.54, 1.807) is 0 Å². The molecule has 4 saturated carbocycles. The lowest BCUT2D eigenvalue weighted by Gasteiger charge is -2.61. The predicted octanol–water partition coefficient (Wildman–Crippen LogP) is 3.36. The maximum absolute atomic E-state index is 12.3. The van der Waals surface area contributed by atoms with E-state index in [2.05, 4.69) is 13.8 Å². The zero-order chi connectivity index (χ0) is 18.0. The van der Waals surface area contributed by atoms with E-state index < -0.39 is 6.10 Å². The molecule has 7 unspecified atom stereocenters. The normalized spacial score (nSPS) is 52.1. The van der Waals surface area contributed by atoms with Crippen LogP contribution in [0.15, 0.2) is 0 Å². The Balaban J connectivity index is 1.66. The van der Waals surface area contributed by atoms with E-state index in [1.165, 1.54) is 7.11 Å². The lowest BCUT2D eigenvalue weighted by molar-refractivity contribution is -0.179. The van der Waals surface area contributed by atoms with Crippen molar-refractivity contribution in [2.24, 2.45) is 40.4 Å². The number of aliphatic hydroxyl groups is 1. The highest BCUT2D eigenvalue weighted by atomic mass is 16.5. The van der Waals surface area contributed by atoms with Crippen molar-refractivity contribution >= 4 is 11.8 Å². The first-order valence-electron chi connectivity index (χ1n) is 10.1. The van der Waals surface area contributed by atoms with Crippen molar-refractivity contribution in [1.82, 2.24) is 0 Å². The Morgan fingerprint density at radius 1 is 1.16 bits per heavy atom. The molecule has 25 heavy (non-hydrogen) atoms. The number of ether oxygens (including phenoxy) is 1. The van der Waals surface area contributed by atoms with Gasteiger partial charge < -0.3 is 9.84 Å². The summed E-state index contributed by atoms with van der Waals surface area (Å²) in [5.74, 6) is 2.07. The second kappa shape index (κ2) is 5.80. The van der Waals surface area contributed by atoms with Crippen LogP contribution in [-0.2, 0) is 14.3 Å². The molecule has 0 radical (unpaired) electrons. The summed E-state index contributed by atoms with van der Waals surface area (Å²) in [5, 5.41) is 11.2. The van der Waals surface area contributed by atoms with Gasteiger partial charge in [0.2, 0.25) is 0 Å². The first-order chi connectivity index (χ1) is 11.8. The SMILES string of the molecule is COC(=O)C1CCC2C3CCC4CC(=O)CCC4(C)C3C[C@H](O)C12C.